The van der Waals surface area contributed by atoms with Crippen molar-refractivity contribution in [1.29, 1.82) is 0 Å². The average molecular weight is 433 g/mol. The summed E-state index contributed by atoms with van der Waals surface area (Å²) in [5.74, 6) is 0. The van der Waals surface area contributed by atoms with E-state index < -0.39 is 0 Å². The Morgan fingerprint density at radius 1 is 0.594 bits per heavy atom. The van der Waals surface area contributed by atoms with E-state index in [9.17, 15) is 0 Å². The molecule has 0 amide bonds. The number of aryl methyl sites for hydroxylation is 2. The minimum absolute atomic E-state index is 0.651. The molecular weight excluding hydrogens is 392 g/mol. The summed E-state index contributed by atoms with van der Waals surface area (Å²) in [5, 5.41) is 0. The maximum Gasteiger partial charge on any atom is 0.214 e. The summed E-state index contributed by atoms with van der Waals surface area (Å²) in [6.45, 7) is 17.3. The van der Waals surface area contributed by atoms with Crippen molar-refractivity contribution < 1.29 is 8.97 Å². The van der Waals surface area contributed by atoms with Crippen molar-refractivity contribution in [3.05, 3.63) is 70.8 Å². The van der Waals surface area contributed by atoms with E-state index in [0.717, 1.165) is 0 Å². The number of rotatable bonds is 4. The van der Waals surface area contributed by atoms with E-state index in [1.165, 1.54) is 110 Å². The Labute approximate surface area is 194 Å². The molecule has 0 aliphatic carbocycles. The summed E-state index contributed by atoms with van der Waals surface area (Å²) in [5.41, 5.74) is 5.81. The Morgan fingerprint density at radius 3 is 1.41 bits per heavy atom. The molecule has 6 rings (SSSR count). The monoisotopic (exact) mass is 432 g/mol. The van der Waals surface area contributed by atoms with Crippen LogP contribution in [-0.4, -0.2) is 83.5 Å². The lowest BCUT2D eigenvalue weighted by Crippen LogP contribution is -2.87. The van der Waals surface area contributed by atoms with E-state index in [1.54, 1.807) is 0 Å². The number of benzene rings is 2. The number of hydrogen-bond acceptors (Lipinski definition) is 2. The largest absolute Gasteiger partial charge is 0.297 e. The van der Waals surface area contributed by atoms with Gasteiger partial charge >= 0.3 is 0 Å². The lowest BCUT2D eigenvalue weighted by Gasteiger charge is -2.67. The first-order valence-corrected chi connectivity index (χ1v) is 12.9. The molecule has 0 bridgehead atoms. The van der Waals surface area contributed by atoms with Crippen molar-refractivity contribution in [3.8, 4) is 0 Å². The van der Waals surface area contributed by atoms with Gasteiger partial charge < -0.3 is 0 Å². The molecule has 4 aliphatic heterocycles. The molecule has 32 heavy (non-hydrogen) atoms. The molecule has 170 valence electrons. The number of nitrogens with zero attached hydrogens (tertiary/aromatic N) is 4. The first-order chi connectivity index (χ1) is 15.6. The van der Waals surface area contributed by atoms with Crippen LogP contribution in [0.25, 0.3) is 0 Å². The number of hydrogen-bond donors (Lipinski definition) is 0. The van der Waals surface area contributed by atoms with E-state index >= 15 is 0 Å². The summed E-state index contributed by atoms with van der Waals surface area (Å²) >= 11 is 0. The summed E-state index contributed by atoms with van der Waals surface area (Å²) in [4.78, 5) is 5.82. The average Bonchev–Trinajstić information content (AvgIpc) is 2.81. The van der Waals surface area contributed by atoms with Crippen molar-refractivity contribution in [3.63, 3.8) is 0 Å². The van der Waals surface area contributed by atoms with Gasteiger partial charge in [-0.1, -0.05) is 59.7 Å². The zero-order chi connectivity index (χ0) is 21.8. The molecule has 4 saturated heterocycles. The van der Waals surface area contributed by atoms with Gasteiger partial charge in [-0.3, -0.25) is 8.97 Å². The molecule has 0 radical (unpaired) electrons. The zero-order valence-electron chi connectivity index (χ0n) is 20.0. The molecule has 2 aromatic carbocycles. The predicted octanol–water partition coefficient (Wildman–Crippen LogP) is 3.73. The molecule has 4 atom stereocenters. The van der Waals surface area contributed by atoms with Crippen LogP contribution in [0.4, 0.5) is 0 Å². The molecule has 2 aromatic rings. The Balaban J connectivity index is 1.37. The van der Waals surface area contributed by atoms with Crippen molar-refractivity contribution in [2.75, 3.05) is 52.4 Å². The van der Waals surface area contributed by atoms with Gasteiger partial charge in [0.1, 0.15) is 13.1 Å². The van der Waals surface area contributed by atoms with E-state index in [1.807, 2.05) is 0 Å². The van der Waals surface area contributed by atoms with Crippen LogP contribution in [0.2, 0.25) is 0 Å². The third-order valence-corrected chi connectivity index (χ3v) is 9.14. The Hall–Kier alpha value is -1.72. The van der Waals surface area contributed by atoms with Crippen LogP contribution < -0.4 is 0 Å². The molecule has 0 saturated carbocycles. The molecule has 4 nitrogen and oxygen atoms in total. The molecule has 4 aliphatic rings. The Morgan fingerprint density at radius 2 is 1.00 bits per heavy atom. The van der Waals surface area contributed by atoms with Gasteiger partial charge in [0, 0.05) is 37.1 Å². The normalized spacial score (nSPS) is 34.8. The third kappa shape index (κ3) is 3.43. The van der Waals surface area contributed by atoms with Gasteiger partial charge in [-0.25, -0.2) is 9.80 Å². The second-order valence-electron chi connectivity index (χ2n) is 11.2. The smallest absolute Gasteiger partial charge is 0.214 e. The molecule has 0 aromatic heterocycles. The van der Waals surface area contributed by atoms with Gasteiger partial charge in [0.2, 0.25) is 12.3 Å². The SMILES string of the molecule is Cc1ccc(C[N+]23CCCN4CC[N+]5(Cc6ccc(C)cc6)CCCN(CC2)C5C43)cc1. The van der Waals surface area contributed by atoms with E-state index in [0.29, 0.717) is 12.3 Å². The van der Waals surface area contributed by atoms with E-state index in [4.69, 9.17) is 0 Å². The van der Waals surface area contributed by atoms with Gasteiger partial charge in [-0.2, -0.15) is 0 Å². The number of piperazine rings is 2. The van der Waals surface area contributed by atoms with Crippen molar-refractivity contribution in [1.82, 2.24) is 9.80 Å². The van der Waals surface area contributed by atoms with Gasteiger partial charge in [0.25, 0.3) is 0 Å². The maximum absolute atomic E-state index is 2.91. The minimum Gasteiger partial charge on any atom is -0.297 e. The highest BCUT2D eigenvalue weighted by atomic mass is 15.7. The zero-order valence-corrected chi connectivity index (χ0v) is 20.0. The standard InChI is InChI=1S/C28H40N4/c1-23-5-9-25(10-6-23)21-31-17-3-13-29-16-20-32(22-26-11-7-24(2)8-12-26)18-4-14-30(15-19-31)28(32)27(29)31/h5-12,27-28H,3-4,13-22H2,1-2H3/q+2. The van der Waals surface area contributed by atoms with Crippen LogP contribution >= 0.6 is 0 Å². The van der Waals surface area contributed by atoms with Gasteiger partial charge in [-0.05, 0) is 13.8 Å². The number of quaternary nitrogens is 2. The Bertz CT molecular complexity index is 875. The third-order valence-electron chi connectivity index (χ3n) is 9.14. The van der Waals surface area contributed by atoms with Crippen LogP contribution in [0.15, 0.2) is 48.5 Å². The van der Waals surface area contributed by atoms with Crippen molar-refractivity contribution in [2.24, 2.45) is 0 Å². The topological polar surface area (TPSA) is 6.48 Å². The minimum atomic E-state index is 0.651. The lowest BCUT2D eigenvalue weighted by molar-refractivity contribution is -1.07. The highest BCUT2D eigenvalue weighted by Crippen LogP contribution is 2.43. The summed E-state index contributed by atoms with van der Waals surface area (Å²) < 4.78 is 2.58. The van der Waals surface area contributed by atoms with Gasteiger partial charge in [0.15, 0.2) is 0 Å². The molecule has 4 heterocycles. The van der Waals surface area contributed by atoms with Gasteiger partial charge in [-0.15, -0.1) is 0 Å². The predicted molar refractivity (Wildman–Crippen MR) is 130 cm³/mol. The van der Waals surface area contributed by atoms with Crippen LogP contribution in [-0.2, 0) is 13.1 Å². The molecular formula is C28H40N4+2. The van der Waals surface area contributed by atoms with Crippen molar-refractivity contribution in [2.45, 2.75) is 52.1 Å². The van der Waals surface area contributed by atoms with Crippen LogP contribution in [0, 0.1) is 13.8 Å². The maximum atomic E-state index is 2.91. The first-order valence-electron chi connectivity index (χ1n) is 12.9. The molecule has 0 spiro atoms. The van der Waals surface area contributed by atoms with E-state index in [-0.39, 0.29) is 0 Å². The second-order valence-corrected chi connectivity index (χ2v) is 11.2. The molecule has 4 heteroatoms. The fourth-order valence-electron chi connectivity index (χ4n) is 7.59. The van der Waals surface area contributed by atoms with Crippen molar-refractivity contribution >= 4 is 0 Å². The second kappa shape index (κ2) is 7.95. The first kappa shape index (κ1) is 20.9. The fraction of sp³-hybridized carbons (Fsp3) is 0.571. The lowest BCUT2D eigenvalue weighted by atomic mass is 9.92. The fourth-order valence-corrected chi connectivity index (χ4v) is 7.59. The quantitative estimate of drug-likeness (QED) is 0.680. The highest BCUT2D eigenvalue weighted by molar-refractivity contribution is 5.21. The van der Waals surface area contributed by atoms with Crippen LogP contribution in [0.1, 0.15) is 35.1 Å². The molecule has 0 N–H and O–H groups in total. The van der Waals surface area contributed by atoms with E-state index in [2.05, 4.69) is 72.2 Å². The molecule has 4 fully saturated rings. The summed E-state index contributed by atoms with van der Waals surface area (Å²) in [6.07, 6.45) is 4.01. The van der Waals surface area contributed by atoms with Crippen LogP contribution in [0.5, 0.6) is 0 Å². The van der Waals surface area contributed by atoms with Crippen LogP contribution in [0.3, 0.4) is 0 Å². The summed E-state index contributed by atoms with van der Waals surface area (Å²) in [7, 11) is 0. The van der Waals surface area contributed by atoms with Gasteiger partial charge in [0.05, 0.1) is 39.3 Å². The molecule has 4 unspecified atom stereocenters. The summed E-state index contributed by atoms with van der Waals surface area (Å²) in [6, 6.07) is 18.8. The highest BCUT2D eigenvalue weighted by Gasteiger charge is 2.64. The Kier molecular flexibility index (Phi) is 5.18.